The second-order valence-electron chi connectivity index (χ2n) is 5.77. The molecule has 0 aromatic rings. The highest BCUT2D eigenvalue weighted by atomic mass is 16.3. The number of fused-ring (bicyclic) bond motifs is 2. The number of aliphatic hydroxyl groups is 1. The first-order valence-electron chi connectivity index (χ1n) is 5.04. The van der Waals surface area contributed by atoms with Gasteiger partial charge in [-0.25, -0.2) is 0 Å². The van der Waals surface area contributed by atoms with Crippen molar-refractivity contribution in [2.24, 2.45) is 16.7 Å². The molecule has 0 aromatic carbocycles. The Kier molecular flexibility index (Phi) is 1.35. The van der Waals surface area contributed by atoms with E-state index in [9.17, 15) is 5.11 Å². The Morgan fingerprint density at radius 3 is 1.92 bits per heavy atom. The molecule has 0 aromatic heterocycles. The van der Waals surface area contributed by atoms with Crippen molar-refractivity contribution in [3.8, 4) is 0 Å². The summed E-state index contributed by atoms with van der Waals surface area (Å²) in [4.78, 5) is 0. The minimum Gasteiger partial charge on any atom is -0.390 e. The van der Waals surface area contributed by atoms with E-state index in [2.05, 4.69) is 20.8 Å². The Morgan fingerprint density at radius 1 is 1.17 bits per heavy atom. The molecule has 2 fully saturated rings. The van der Waals surface area contributed by atoms with Gasteiger partial charge in [-0.3, -0.25) is 0 Å². The van der Waals surface area contributed by atoms with Gasteiger partial charge in [0.25, 0.3) is 0 Å². The van der Waals surface area contributed by atoms with E-state index in [1.54, 1.807) is 0 Å². The standard InChI is InChI=1S/C11H20O/c1-9(2)8-5-6-10(9,3)11(4,12)7-8/h8,12H,5-7H2,1-4H3/t8-,10+,11+/m1/s1. The van der Waals surface area contributed by atoms with Crippen LogP contribution in [-0.4, -0.2) is 10.7 Å². The van der Waals surface area contributed by atoms with Crippen LogP contribution in [0.3, 0.4) is 0 Å². The van der Waals surface area contributed by atoms with Crippen molar-refractivity contribution in [2.75, 3.05) is 0 Å². The predicted molar refractivity (Wildman–Crippen MR) is 49.9 cm³/mol. The lowest BCUT2D eigenvalue weighted by Gasteiger charge is -2.43. The number of rotatable bonds is 0. The smallest absolute Gasteiger partial charge is 0.0681 e. The highest BCUT2D eigenvalue weighted by Gasteiger charge is 2.66. The Hall–Kier alpha value is -0.0400. The molecule has 0 radical (unpaired) electrons. The summed E-state index contributed by atoms with van der Waals surface area (Å²) < 4.78 is 0. The molecule has 2 aliphatic carbocycles. The predicted octanol–water partition coefficient (Wildman–Crippen LogP) is 2.58. The molecule has 2 aliphatic rings. The minimum absolute atomic E-state index is 0.157. The van der Waals surface area contributed by atoms with Crippen LogP contribution in [0, 0.1) is 16.7 Å². The fourth-order valence-electron chi connectivity index (χ4n) is 3.62. The summed E-state index contributed by atoms with van der Waals surface area (Å²) in [6.07, 6.45) is 3.54. The Balaban J connectivity index is 2.47. The lowest BCUT2D eigenvalue weighted by Crippen LogP contribution is -2.44. The van der Waals surface area contributed by atoms with E-state index in [4.69, 9.17) is 0 Å². The van der Waals surface area contributed by atoms with E-state index >= 15 is 0 Å². The Morgan fingerprint density at radius 2 is 1.75 bits per heavy atom. The van der Waals surface area contributed by atoms with E-state index in [1.807, 2.05) is 6.92 Å². The van der Waals surface area contributed by atoms with Crippen molar-refractivity contribution >= 4 is 0 Å². The van der Waals surface area contributed by atoms with Crippen LogP contribution >= 0.6 is 0 Å². The molecule has 1 nitrogen and oxygen atoms in total. The summed E-state index contributed by atoms with van der Waals surface area (Å²) in [5.74, 6) is 0.748. The van der Waals surface area contributed by atoms with Gasteiger partial charge in [0.2, 0.25) is 0 Å². The van der Waals surface area contributed by atoms with E-state index < -0.39 is 5.60 Å². The summed E-state index contributed by atoms with van der Waals surface area (Å²) in [6.45, 7) is 8.94. The third-order valence-corrected chi connectivity index (χ3v) is 5.27. The van der Waals surface area contributed by atoms with Gasteiger partial charge in [0.05, 0.1) is 5.60 Å². The summed E-state index contributed by atoms with van der Waals surface area (Å²) >= 11 is 0. The molecule has 0 amide bonds. The van der Waals surface area contributed by atoms with Crippen LogP contribution < -0.4 is 0 Å². The minimum atomic E-state index is -0.417. The zero-order valence-electron chi connectivity index (χ0n) is 8.65. The van der Waals surface area contributed by atoms with Crippen LogP contribution in [0.2, 0.25) is 0 Å². The monoisotopic (exact) mass is 168 g/mol. The quantitative estimate of drug-likeness (QED) is 0.589. The van der Waals surface area contributed by atoms with E-state index in [0.29, 0.717) is 5.41 Å². The SMILES string of the molecule is CC1(C)[C@@H]2CC[C@]1(C)[C@@](C)(O)C2. The second-order valence-corrected chi connectivity index (χ2v) is 5.77. The van der Waals surface area contributed by atoms with Crippen molar-refractivity contribution in [1.82, 2.24) is 0 Å². The van der Waals surface area contributed by atoms with E-state index in [0.717, 1.165) is 12.3 Å². The zero-order chi connectivity index (χ0) is 9.20. The third kappa shape index (κ3) is 0.654. The Bertz CT molecular complexity index is 217. The van der Waals surface area contributed by atoms with Crippen LogP contribution in [0.15, 0.2) is 0 Å². The van der Waals surface area contributed by atoms with Crippen molar-refractivity contribution in [1.29, 1.82) is 0 Å². The molecule has 12 heavy (non-hydrogen) atoms. The fourth-order valence-corrected chi connectivity index (χ4v) is 3.62. The summed E-state index contributed by atoms with van der Waals surface area (Å²) in [5.41, 5.74) is 0.0839. The molecular weight excluding hydrogens is 148 g/mol. The average molecular weight is 168 g/mol. The lowest BCUT2D eigenvalue weighted by molar-refractivity contribution is -0.0745. The molecule has 3 atom stereocenters. The molecule has 2 saturated carbocycles. The number of hydrogen-bond acceptors (Lipinski definition) is 1. The van der Waals surface area contributed by atoms with Gasteiger partial charge < -0.3 is 5.11 Å². The van der Waals surface area contributed by atoms with Crippen molar-refractivity contribution < 1.29 is 5.11 Å². The maximum Gasteiger partial charge on any atom is 0.0681 e. The summed E-state index contributed by atoms with van der Waals surface area (Å²) in [6, 6.07) is 0. The lowest BCUT2D eigenvalue weighted by atomic mass is 9.65. The van der Waals surface area contributed by atoms with Crippen LogP contribution in [0.1, 0.15) is 47.0 Å². The molecule has 2 bridgehead atoms. The first kappa shape index (κ1) is 8.55. The van der Waals surface area contributed by atoms with Crippen molar-refractivity contribution in [3.05, 3.63) is 0 Å². The molecule has 0 heterocycles. The third-order valence-electron chi connectivity index (χ3n) is 5.27. The molecule has 0 spiro atoms. The molecule has 70 valence electrons. The van der Waals surface area contributed by atoms with Gasteiger partial charge in [-0.15, -0.1) is 0 Å². The number of hydrogen-bond donors (Lipinski definition) is 1. The van der Waals surface area contributed by atoms with Gasteiger partial charge in [0, 0.05) is 5.41 Å². The molecule has 0 aliphatic heterocycles. The van der Waals surface area contributed by atoms with Crippen molar-refractivity contribution in [3.63, 3.8) is 0 Å². The second kappa shape index (κ2) is 1.89. The molecular formula is C11H20O. The maximum absolute atomic E-state index is 10.3. The first-order valence-corrected chi connectivity index (χ1v) is 5.04. The fraction of sp³-hybridized carbons (Fsp3) is 1.00. The summed E-state index contributed by atoms with van der Waals surface area (Å²) in [7, 11) is 0. The maximum atomic E-state index is 10.3. The van der Waals surface area contributed by atoms with E-state index in [-0.39, 0.29) is 5.41 Å². The van der Waals surface area contributed by atoms with Crippen LogP contribution in [0.25, 0.3) is 0 Å². The largest absolute Gasteiger partial charge is 0.390 e. The summed E-state index contributed by atoms with van der Waals surface area (Å²) in [5, 5.41) is 10.3. The van der Waals surface area contributed by atoms with Crippen LogP contribution in [0.5, 0.6) is 0 Å². The van der Waals surface area contributed by atoms with Gasteiger partial charge >= 0.3 is 0 Å². The van der Waals surface area contributed by atoms with Gasteiger partial charge in [0.15, 0.2) is 0 Å². The normalized spacial score (nSPS) is 56.2. The topological polar surface area (TPSA) is 20.2 Å². The van der Waals surface area contributed by atoms with Gasteiger partial charge in [0.1, 0.15) is 0 Å². The van der Waals surface area contributed by atoms with Gasteiger partial charge in [-0.1, -0.05) is 20.8 Å². The molecule has 0 saturated heterocycles. The van der Waals surface area contributed by atoms with Crippen LogP contribution in [0.4, 0.5) is 0 Å². The molecule has 2 rings (SSSR count). The van der Waals surface area contributed by atoms with Crippen LogP contribution in [-0.2, 0) is 0 Å². The average Bonchev–Trinajstić information content (AvgIpc) is 2.18. The highest BCUT2D eigenvalue weighted by Crippen LogP contribution is 2.69. The first-order chi connectivity index (χ1) is 5.31. The molecule has 1 heteroatoms. The highest BCUT2D eigenvalue weighted by molar-refractivity contribution is 5.16. The van der Waals surface area contributed by atoms with Gasteiger partial charge in [-0.2, -0.15) is 0 Å². The Labute approximate surface area is 75.2 Å². The molecule has 1 N–H and O–H groups in total. The van der Waals surface area contributed by atoms with Gasteiger partial charge in [-0.05, 0) is 37.5 Å². The van der Waals surface area contributed by atoms with E-state index in [1.165, 1.54) is 12.8 Å². The zero-order valence-corrected chi connectivity index (χ0v) is 8.65. The molecule has 0 unspecified atom stereocenters. The van der Waals surface area contributed by atoms with Crippen molar-refractivity contribution in [2.45, 2.75) is 52.6 Å².